The fourth-order valence-corrected chi connectivity index (χ4v) is 4.04. The van der Waals surface area contributed by atoms with Crippen LogP contribution >= 0.6 is 11.3 Å². The minimum absolute atomic E-state index is 0.0114. The van der Waals surface area contributed by atoms with E-state index in [0.29, 0.717) is 5.82 Å². The molecule has 1 saturated heterocycles. The molecular weight excluding hydrogens is 344 g/mol. The predicted octanol–water partition coefficient (Wildman–Crippen LogP) is 4.17. The third-order valence-corrected chi connectivity index (χ3v) is 5.83. The van der Waals surface area contributed by atoms with Gasteiger partial charge in [-0.15, -0.1) is 11.3 Å². The SMILES string of the molecule is CC(C(=O)Nc1cc2cc(-c3cncs3)ccc2cn1)N1CCCCC1. The summed E-state index contributed by atoms with van der Waals surface area (Å²) in [6.45, 7) is 3.97. The van der Waals surface area contributed by atoms with Gasteiger partial charge in [0.2, 0.25) is 5.91 Å². The van der Waals surface area contributed by atoms with Gasteiger partial charge < -0.3 is 5.32 Å². The molecule has 4 rings (SSSR count). The normalized spacial score (nSPS) is 16.5. The average Bonchev–Trinajstić information content (AvgIpc) is 3.22. The van der Waals surface area contributed by atoms with Crippen molar-refractivity contribution < 1.29 is 4.79 Å². The number of nitrogens with zero attached hydrogens (tertiary/aromatic N) is 3. The number of hydrogen-bond acceptors (Lipinski definition) is 5. The second kappa shape index (κ2) is 7.51. The number of amides is 1. The molecule has 0 spiro atoms. The molecule has 0 aliphatic carbocycles. The van der Waals surface area contributed by atoms with Crippen molar-refractivity contribution in [3.8, 4) is 10.4 Å². The summed E-state index contributed by atoms with van der Waals surface area (Å²) in [6.07, 6.45) is 7.29. The highest BCUT2D eigenvalue weighted by atomic mass is 32.1. The van der Waals surface area contributed by atoms with Crippen LogP contribution in [0.25, 0.3) is 21.2 Å². The van der Waals surface area contributed by atoms with Gasteiger partial charge in [0.1, 0.15) is 5.82 Å². The lowest BCUT2D eigenvalue weighted by atomic mass is 10.1. The molecule has 1 aliphatic rings. The van der Waals surface area contributed by atoms with Gasteiger partial charge in [0.15, 0.2) is 0 Å². The lowest BCUT2D eigenvalue weighted by Crippen LogP contribution is -2.44. The van der Waals surface area contributed by atoms with Crippen LogP contribution in [0.3, 0.4) is 0 Å². The molecule has 26 heavy (non-hydrogen) atoms. The van der Waals surface area contributed by atoms with E-state index in [-0.39, 0.29) is 11.9 Å². The van der Waals surface area contributed by atoms with Gasteiger partial charge in [0.05, 0.1) is 16.4 Å². The Morgan fingerprint density at radius 2 is 2.00 bits per heavy atom. The molecule has 1 aliphatic heterocycles. The molecule has 3 heterocycles. The van der Waals surface area contributed by atoms with Gasteiger partial charge in [0.25, 0.3) is 0 Å². The van der Waals surface area contributed by atoms with Crippen LogP contribution in [0.5, 0.6) is 0 Å². The number of carbonyl (C=O) groups excluding carboxylic acids is 1. The number of carbonyl (C=O) groups is 1. The molecule has 1 N–H and O–H groups in total. The van der Waals surface area contributed by atoms with Crippen molar-refractivity contribution in [2.75, 3.05) is 18.4 Å². The number of thiazole rings is 1. The predicted molar refractivity (Wildman–Crippen MR) is 106 cm³/mol. The standard InChI is InChI=1S/C20H22N4OS/c1-14(24-7-3-2-4-8-24)20(25)23-19-10-17-9-15(18-12-21-13-26-18)5-6-16(17)11-22-19/h5-6,9-14H,2-4,7-8H2,1H3,(H,22,23,25). The largest absolute Gasteiger partial charge is 0.309 e. The van der Waals surface area contributed by atoms with Gasteiger partial charge in [-0.3, -0.25) is 14.7 Å². The van der Waals surface area contributed by atoms with E-state index in [0.717, 1.165) is 34.3 Å². The molecule has 0 radical (unpaired) electrons. The Kier molecular flexibility index (Phi) is 4.95. The molecule has 0 bridgehead atoms. The van der Waals surface area contributed by atoms with Crippen LogP contribution in [-0.2, 0) is 4.79 Å². The maximum Gasteiger partial charge on any atom is 0.242 e. The molecule has 1 fully saturated rings. The first kappa shape index (κ1) is 17.1. The Labute approximate surface area is 157 Å². The lowest BCUT2D eigenvalue weighted by molar-refractivity contribution is -0.121. The number of nitrogens with one attached hydrogen (secondary N) is 1. The maximum absolute atomic E-state index is 12.6. The molecule has 1 unspecified atom stereocenters. The van der Waals surface area contributed by atoms with E-state index in [1.165, 1.54) is 19.3 Å². The van der Waals surface area contributed by atoms with Crippen molar-refractivity contribution in [2.24, 2.45) is 0 Å². The first-order valence-electron chi connectivity index (χ1n) is 9.04. The van der Waals surface area contributed by atoms with E-state index in [2.05, 4.69) is 38.4 Å². The molecule has 1 aromatic carbocycles. The lowest BCUT2D eigenvalue weighted by Gasteiger charge is -2.31. The zero-order chi connectivity index (χ0) is 17.9. The van der Waals surface area contributed by atoms with Crippen LogP contribution in [0.1, 0.15) is 26.2 Å². The summed E-state index contributed by atoms with van der Waals surface area (Å²) in [6, 6.07) is 8.07. The Bertz CT molecular complexity index is 903. The molecule has 1 atom stereocenters. The van der Waals surface area contributed by atoms with E-state index in [1.807, 2.05) is 30.9 Å². The topological polar surface area (TPSA) is 58.1 Å². The van der Waals surface area contributed by atoms with Crippen LogP contribution in [0.15, 0.2) is 42.2 Å². The number of piperidine rings is 1. The molecule has 0 saturated carbocycles. The Morgan fingerprint density at radius 3 is 2.77 bits per heavy atom. The Hall–Kier alpha value is -2.31. The van der Waals surface area contributed by atoms with Crippen LogP contribution in [0.2, 0.25) is 0 Å². The van der Waals surface area contributed by atoms with Gasteiger partial charge in [-0.1, -0.05) is 18.6 Å². The summed E-state index contributed by atoms with van der Waals surface area (Å²) >= 11 is 1.62. The first-order valence-corrected chi connectivity index (χ1v) is 9.92. The van der Waals surface area contributed by atoms with Crippen molar-refractivity contribution in [3.05, 3.63) is 42.2 Å². The zero-order valence-corrected chi connectivity index (χ0v) is 15.6. The van der Waals surface area contributed by atoms with Crippen LogP contribution in [-0.4, -0.2) is 39.9 Å². The quantitative estimate of drug-likeness (QED) is 0.753. The Morgan fingerprint density at radius 1 is 1.15 bits per heavy atom. The second-order valence-corrected chi connectivity index (χ2v) is 7.65. The van der Waals surface area contributed by atoms with Gasteiger partial charge in [-0.2, -0.15) is 0 Å². The fourth-order valence-electron chi connectivity index (χ4n) is 3.42. The molecule has 5 nitrogen and oxygen atoms in total. The number of fused-ring (bicyclic) bond motifs is 1. The number of hydrogen-bond donors (Lipinski definition) is 1. The van der Waals surface area contributed by atoms with Gasteiger partial charge in [-0.05, 0) is 55.9 Å². The molecular formula is C20H22N4OS. The highest BCUT2D eigenvalue weighted by Gasteiger charge is 2.23. The number of benzene rings is 1. The molecule has 6 heteroatoms. The number of likely N-dealkylation sites (tertiary alicyclic amines) is 1. The molecule has 134 valence electrons. The number of aromatic nitrogens is 2. The summed E-state index contributed by atoms with van der Waals surface area (Å²) in [4.78, 5) is 24.5. The number of pyridine rings is 1. The average molecular weight is 366 g/mol. The van der Waals surface area contributed by atoms with Crippen molar-refractivity contribution in [1.82, 2.24) is 14.9 Å². The van der Waals surface area contributed by atoms with Gasteiger partial charge >= 0.3 is 0 Å². The smallest absolute Gasteiger partial charge is 0.242 e. The minimum atomic E-state index is -0.128. The van der Waals surface area contributed by atoms with E-state index >= 15 is 0 Å². The van der Waals surface area contributed by atoms with Crippen LogP contribution in [0, 0.1) is 0 Å². The Balaban J connectivity index is 1.53. The maximum atomic E-state index is 12.6. The highest BCUT2D eigenvalue weighted by molar-refractivity contribution is 7.13. The zero-order valence-electron chi connectivity index (χ0n) is 14.8. The van der Waals surface area contributed by atoms with Crippen LogP contribution < -0.4 is 5.32 Å². The second-order valence-electron chi connectivity index (χ2n) is 6.76. The van der Waals surface area contributed by atoms with E-state index in [4.69, 9.17) is 0 Å². The van der Waals surface area contributed by atoms with Gasteiger partial charge in [0, 0.05) is 17.8 Å². The summed E-state index contributed by atoms with van der Waals surface area (Å²) in [5.41, 5.74) is 2.96. The fraction of sp³-hybridized carbons (Fsp3) is 0.350. The van der Waals surface area contributed by atoms with Gasteiger partial charge in [-0.25, -0.2) is 4.98 Å². The van der Waals surface area contributed by atoms with Crippen molar-refractivity contribution in [2.45, 2.75) is 32.2 Å². The van der Waals surface area contributed by atoms with Crippen molar-refractivity contribution in [1.29, 1.82) is 0 Å². The third-order valence-electron chi connectivity index (χ3n) is 5.01. The molecule has 3 aromatic rings. The summed E-state index contributed by atoms with van der Waals surface area (Å²) < 4.78 is 0. The number of anilines is 1. The van der Waals surface area contributed by atoms with E-state index < -0.39 is 0 Å². The van der Waals surface area contributed by atoms with E-state index in [9.17, 15) is 4.79 Å². The summed E-state index contributed by atoms with van der Waals surface area (Å²) in [7, 11) is 0. The van der Waals surface area contributed by atoms with Crippen LogP contribution in [0.4, 0.5) is 5.82 Å². The first-order chi connectivity index (χ1) is 12.7. The highest BCUT2D eigenvalue weighted by Crippen LogP contribution is 2.27. The monoisotopic (exact) mass is 366 g/mol. The minimum Gasteiger partial charge on any atom is -0.309 e. The van der Waals surface area contributed by atoms with Crippen molar-refractivity contribution in [3.63, 3.8) is 0 Å². The summed E-state index contributed by atoms with van der Waals surface area (Å²) in [5, 5.41) is 5.10. The summed E-state index contributed by atoms with van der Waals surface area (Å²) in [5.74, 6) is 0.616. The number of rotatable bonds is 4. The third kappa shape index (κ3) is 3.61. The van der Waals surface area contributed by atoms with E-state index in [1.54, 1.807) is 11.3 Å². The molecule has 2 aromatic heterocycles. The molecule has 1 amide bonds. The van der Waals surface area contributed by atoms with Crippen molar-refractivity contribution >= 4 is 33.8 Å².